The van der Waals surface area contributed by atoms with Gasteiger partial charge in [-0.15, -0.1) is 0 Å². The number of aromatic hydroxyl groups is 1. The first kappa shape index (κ1) is 17.5. The fourth-order valence-corrected chi connectivity index (χ4v) is 2.34. The number of aromatic nitrogens is 2. The van der Waals surface area contributed by atoms with Crippen LogP contribution in [0.5, 0.6) is 5.75 Å². The quantitative estimate of drug-likeness (QED) is 0.748. The molecule has 2 aromatic heterocycles. The van der Waals surface area contributed by atoms with E-state index < -0.39 is 23.2 Å². The molecule has 0 fully saturated rings. The Morgan fingerprint density at radius 3 is 2.54 bits per heavy atom. The van der Waals surface area contributed by atoms with Crippen LogP contribution in [-0.4, -0.2) is 20.4 Å². The van der Waals surface area contributed by atoms with Gasteiger partial charge in [-0.3, -0.25) is 14.0 Å². The average Bonchev–Trinajstić information content (AvgIpc) is 2.60. The van der Waals surface area contributed by atoms with Gasteiger partial charge < -0.3 is 10.4 Å². The lowest BCUT2D eigenvalue weighted by atomic mass is 10.1. The second-order valence-electron chi connectivity index (χ2n) is 5.44. The van der Waals surface area contributed by atoms with Gasteiger partial charge in [-0.2, -0.15) is 13.2 Å². The Kier molecular flexibility index (Phi) is 4.37. The Morgan fingerprint density at radius 2 is 1.88 bits per heavy atom. The summed E-state index contributed by atoms with van der Waals surface area (Å²) in [6.45, 7) is -0.0564. The van der Waals surface area contributed by atoms with Gasteiger partial charge >= 0.3 is 6.18 Å². The van der Waals surface area contributed by atoms with Crippen molar-refractivity contribution in [1.29, 1.82) is 0 Å². The van der Waals surface area contributed by atoms with E-state index in [0.717, 1.165) is 22.7 Å². The number of hydrogen-bond donors (Lipinski definition) is 2. The molecule has 0 saturated carbocycles. The van der Waals surface area contributed by atoms with Crippen molar-refractivity contribution in [1.82, 2.24) is 14.7 Å². The van der Waals surface area contributed by atoms with Crippen molar-refractivity contribution >= 4 is 11.6 Å². The third-order valence-electron chi connectivity index (χ3n) is 3.69. The molecule has 0 aliphatic rings. The molecular weight excluding hydrogens is 351 g/mol. The molecule has 9 heteroatoms. The Morgan fingerprint density at radius 1 is 1.19 bits per heavy atom. The van der Waals surface area contributed by atoms with Gasteiger partial charge in [-0.25, -0.2) is 4.98 Å². The number of nitrogens with one attached hydrogen (secondary N) is 1. The molecule has 0 saturated heterocycles. The summed E-state index contributed by atoms with van der Waals surface area (Å²) in [4.78, 5) is 28.4. The maximum atomic E-state index is 12.5. The smallest absolute Gasteiger partial charge is 0.416 e. The molecule has 134 valence electrons. The molecule has 6 nitrogen and oxygen atoms in total. The Hall–Kier alpha value is -3.36. The number of nitrogens with zero attached hydrogens (tertiary/aromatic N) is 2. The molecule has 0 unspecified atom stereocenters. The zero-order valence-electron chi connectivity index (χ0n) is 13.1. The first-order valence-electron chi connectivity index (χ1n) is 7.41. The van der Waals surface area contributed by atoms with E-state index in [9.17, 15) is 27.9 Å². The number of pyridine rings is 1. The Labute approximate surface area is 144 Å². The van der Waals surface area contributed by atoms with Crippen LogP contribution in [0.4, 0.5) is 13.2 Å². The van der Waals surface area contributed by atoms with Gasteiger partial charge in [-0.1, -0.05) is 12.1 Å². The molecule has 0 aliphatic carbocycles. The minimum absolute atomic E-state index is 0.0109. The summed E-state index contributed by atoms with van der Waals surface area (Å²) in [6.07, 6.45) is -2.03. The van der Waals surface area contributed by atoms with Crippen molar-refractivity contribution in [2.24, 2.45) is 0 Å². The first-order valence-corrected chi connectivity index (χ1v) is 7.41. The van der Waals surface area contributed by atoms with Crippen LogP contribution >= 0.6 is 0 Å². The van der Waals surface area contributed by atoms with Crippen LogP contribution in [-0.2, 0) is 12.7 Å². The van der Waals surface area contributed by atoms with E-state index in [0.29, 0.717) is 5.56 Å². The average molecular weight is 363 g/mol. The van der Waals surface area contributed by atoms with E-state index in [1.54, 1.807) is 0 Å². The highest BCUT2D eigenvalue weighted by Gasteiger charge is 2.29. The number of alkyl halides is 3. The fourth-order valence-electron chi connectivity index (χ4n) is 2.34. The van der Waals surface area contributed by atoms with E-state index >= 15 is 0 Å². The molecule has 1 aromatic carbocycles. The van der Waals surface area contributed by atoms with E-state index in [1.807, 2.05) is 0 Å². The molecule has 0 bridgehead atoms. The molecule has 1 amide bonds. The highest BCUT2D eigenvalue weighted by Crippen LogP contribution is 2.29. The predicted molar refractivity (Wildman–Crippen MR) is 85.7 cm³/mol. The van der Waals surface area contributed by atoms with Gasteiger partial charge in [0.05, 0.1) is 5.56 Å². The molecule has 3 rings (SSSR count). The molecule has 3 aromatic rings. The maximum absolute atomic E-state index is 12.5. The molecule has 2 N–H and O–H groups in total. The third kappa shape index (κ3) is 3.37. The third-order valence-corrected chi connectivity index (χ3v) is 3.69. The summed E-state index contributed by atoms with van der Waals surface area (Å²) < 4.78 is 38.6. The summed E-state index contributed by atoms with van der Waals surface area (Å²) in [5, 5.41) is 12.1. The van der Waals surface area contributed by atoms with Crippen molar-refractivity contribution < 1.29 is 23.1 Å². The normalized spacial score (nSPS) is 11.5. The Bertz CT molecular complexity index is 1030. The number of fused-ring (bicyclic) bond motifs is 1. The monoisotopic (exact) mass is 363 g/mol. The summed E-state index contributed by atoms with van der Waals surface area (Å²) in [7, 11) is 0. The topological polar surface area (TPSA) is 83.7 Å². The summed E-state index contributed by atoms with van der Waals surface area (Å²) in [5.74, 6) is -0.929. The fraction of sp³-hybridized carbons (Fsp3) is 0.118. The number of hydrogen-bond acceptors (Lipinski definition) is 4. The first-order chi connectivity index (χ1) is 12.3. The lowest BCUT2D eigenvalue weighted by Crippen LogP contribution is -2.31. The SMILES string of the molecule is O=C(NCc1ccc(C(F)(F)F)cc1)c1cnc2c(O)cccn2c1=O. The second kappa shape index (κ2) is 6.51. The van der Waals surface area contributed by atoms with Crippen molar-refractivity contribution in [2.45, 2.75) is 12.7 Å². The highest BCUT2D eigenvalue weighted by atomic mass is 19.4. The van der Waals surface area contributed by atoms with Crippen molar-refractivity contribution in [2.75, 3.05) is 0 Å². The van der Waals surface area contributed by atoms with Crippen LogP contribution in [0.1, 0.15) is 21.5 Å². The number of benzene rings is 1. The molecule has 0 atom stereocenters. The lowest BCUT2D eigenvalue weighted by molar-refractivity contribution is -0.137. The lowest BCUT2D eigenvalue weighted by Gasteiger charge is -2.09. The molecule has 0 aliphatic heterocycles. The molecule has 0 spiro atoms. The van der Waals surface area contributed by atoms with Crippen molar-refractivity contribution in [3.8, 4) is 5.75 Å². The number of carbonyl (C=O) groups excluding carboxylic acids is 1. The zero-order valence-corrected chi connectivity index (χ0v) is 13.1. The van der Waals surface area contributed by atoms with Gasteiger partial charge in [0.25, 0.3) is 11.5 Å². The summed E-state index contributed by atoms with van der Waals surface area (Å²) in [6, 6.07) is 7.09. The van der Waals surface area contributed by atoms with E-state index in [1.165, 1.54) is 30.5 Å². The molecule has 2 heterocycles. The van der Waals surface area contributed by atoms with Crippen LogP contribution in [0.3, 0.4) is 0 Å². The van der Waals surface area contributed by atoms with Crippen LogP contribution in [0.15, 0.2) is 53.6 Å². The van der Waals surface area contributed by atoms with Crippen LogP contribution in [0, 0.1) is 0 Å². The number of rotatable bonds is 3. The Balaban J connectivity index is 1.78. The van der Waals surface area contributed by atoms with Crippen LogP contribution in [0.2, 0.25) is 0 Å². The van der Waals surface area contributed by atoms with Crippen molar-refractivity contribution in [3.63, 3.8) is 0 Å². The van der Waals surface area contributed by atoms with Gasteiger partial charge in [0.2, 0.25) is 0 Å². The highest BCUT2D eigenvalue weighted by molar-refractivity contribution is 5.93. The minimum Gasteiger partial charge on any atom is -0.504 e. The van der Waals surface area contributed by atoms with Gasteiger partial charge in [0, 0.05) is 18.9 Å². The molecular formula is C17H12F3N3O3. The van der Waals surface area contributed by atoms with E-state index in [-0.39, 0.29) is 23.5 Å². The zero-order chi connectivity index (χ0) is 18.9. The van der Waals surface area contributed by atoms with Crippen LogP contribution in [0.25, 0.3) is 5.65 Å². The second-order valence-corrected chi connectivity index (χ2v) is 5.44. The molecule has 26 heavy (non-hydrogen) atoms. The van der Waals surface area contributed by atoms with Gasteiger partial charge in [0.15, 0.2) is 11.4 Å². The van der Waals surface area contributed by atoms with Crippen molar-refractivity contribution in [3.05, 3.63) is 75.8 Å². The number of halogens is 3. The molecule has 0 radical (unpaired) electrons. The van der Waals surface area contributed by atoms with Gasteiger partial charge in [-0.05, 0) is 29.8 Å². The van der Waals surface area contributed by atoms with Crippen LogP contribution < -0.4 is 10.9 Å². The van der Waals surface area contributed by atoms with Gasteiger partial charge in [0.1, 0.15) is 5.56 Å². The van der Waals surface area contributed by atoms with E-state index in [2.05, 4.69) is 10.3 Å². The predicted octanol–water partition coefficient (Wildman–Crippen LogP) is 2.35. The number of amides is 1. The summed E-state index contributed by atoms with van der Waals surface area (Å²) >= 11 is 0. The minimum atomic E-state index is -4.43. The number of carbonyl (C=O) groups is 1. The maximum Gasteiger partial charge on any atom is 0.416 e. The standard InChI is InChI=1S/C17H12F3N3O3/c18-17(19,20)11-5-3-10(4-6-11)8-22-15(25)12-9-21-14-13(24)2-1-7-23(14)16(12)26/h1-7,9,24H,8H2,(H,22,25). The van der Waals surface area contributed by atoms with E-state index in [4.69, 9.17) is 0 Å². The largest absolute Gasteiger partial charge is 0.504 e. The summed E-state index contributed by atoms with van der Waals surface area (Å²) in [5.41, 5.74) is -1.25.